The maximum atomic E-state index is 12.4. The van der Waals surface area contributed by atoms with E-state index >= 15 is 0 Å². The van der Waals surface area contributed by atoms with Crippen LogP contribution in [0.5, 0.6) is 11.5 Å². The molecule has 1 heterocycles. The Morgan fingerprint density at radius 3 is 2.66 bits per heavy atom. The summed E-state index contributed by atoms with van der Waals surface area (Å²) in [5.41, 5.74) is 0.892. The van der Waals surface area contributed by atoms with Gasteiger partial charge in [-0.2, -0.15) is 5.26 Å². The first-order valence-electron chi connectivity index (χ1n) is 9.82. The van der Waals surface area contributed by atoms with Gasteiger partial charge in [-0.25, -0.2) is 0 Å². The maximum absolute atomic E-state index is 12.4. The Labute approximate surface area is 190 Å². The molecule has 9 heteroatoms. The summed E-state index contributed by atoms with van der Waals surface area (Å²) in [6, 6.07) is 16.2. The molecule has 1 amide bonds. The lowest BCUT2D eigenvalue weighted by Crippen LogP contribution is -2.16. The average molecular weight is 450 g/mol. The van der Waals surface area contributed by atoms with Gasteiger partial charge < -0.3 is 14.8 Å². The number of aromatic nitrogens is 3. The number of anilines is 1. The molecule has 3 rings (SSSR count). The molecule has 0 saturated heterocycles. The number of hydrogen-bond donors (Lipinski definition) is 1. The zero-order valence-electron chi connectivity index (χ0n) is 17.8. The second kappa shape index (κ2) is 11.0. The molecule has 3 aromatic rings. The van der Waals surface area contributed by atoms with Crippen molar-refractivity contribution in [1.29, 1.82) is 5.26 Å². The fourth-order valence-electron chi connectivity index (χ4n) is 2.93. The van der Waals surface area contributed by atoms with E-state index in [1.54, 1.807) is 37.5 Å². The third-order valence-electron chi connectivity index (χ3n) is 4.45. The number of allylic oxidation sites excluding steroid dienone is 1. The monoisotopic (exact) mass is 449 g/mol. The number of carbonyl (C=O) groups excluding carboxylic acids is 1. The van der Waals surface area contributed by atoms with E-state index in [9.17, 15) is 4.79 Å². The number of amides is 1. The van der Waals surface area contributed by atoms with Gasteiger partial charge in [0.05, 0.1) is 24.1 Å². The van der Waals surface area contributed by atoms with Crippen molar-refractivity contribution in [3.8, 4) is 17.6 Å². The molecule has 0 radical (unpaired) electrons. The van der Waals surface area contributed by atoms with Crippen LogP contribution < -0.4 is 14.8 Å². The van der Waals surface area contributed by atoms with E-state index in [2.05, 4.69) is 28.2 Å². The van der Waals surface area contributed by atoms with Crippen LogP contribution in [0.15, 0.2) is 66.3 Å². The molecule has 0 saturated carbocycles. The van der Waals surface area contributed by atoms with Crippen LogP contribution in [0, 0.1) is 11.3 Å². The van der Waals surface area contributed by atoms with Gasteiger partial charge in [0.1, 0.15) is 17.6 Å². The van der Waals surface area contributed by atoms with Crippen molar-refractivity contribution in [2.24, 2.45) is 0 Å². The van der Waals surface area contributed by atoms with Gasteiger partial charge in [0.2, 0.25) is 5.91 Å². The van der Waals surface area contributed by atoms with Crippen molar-refractivity contribution in [3.05, 3.63) is 72.6 Å². The second-order valence-electron chi connectivity index (χ2n) is 6.67. The Morgan fingerprint density at radius 2 is 1.97 bits per heavy atom. The Balaban J connectivity index is 1.67. The van der Waals surface area contributed by atoms with E-state index in [1.807, 2.05) is 35.8 Å². The Hall–Kier alpha value is -3.77. The number of ether oxygens (including phenoxy) is 2. The number of methoxy groups -OCH3 is 1. The number of rotatable bonds is 10. The molecule has 0 fully saturated rings. The van der Waals surface area contributed by atoms with Crippen LogP contribution in [0.3, 0.4) is 0 Å². The van der Waals surface area contributed by atoms with Crippen LogP contribution in [0.1, 0.15) is 24.4 Å². The molecule has 8 nitrogen and oxygen atoms in total. The summed E-state index contributed by atoms with van der Waals surface area (Å²) in [4.78, 5) is 12.4. The summed E-state index contributed by atoms with van der Waals surface area (Å²) in [5.74, 6) is 1.92. The van der Waals surface area contributed by atoms with Gasteiger partial charge in [-0.3, -0.25) is 9.36 Å². The normalized spacial score (nSPS) is 11.3. The van der Waals surface area contributed by atoms with Gasteiger partial charge in [-0.05, 0) is 43.3 Å². The third kappa shape index (κ3) is 5.68. The summed E-state index contributed by atoms with van der Waals surface area (Å²) >= 11 is 1.25. The summed E-state index contributed by atoms with van der Waals surface area (Å²) in [5, 5.41) is 21.0. The van der Waals surface area contributed by atoms with Gasteiger partial charge in [-0.1, -0.05) is 30.0 Å². The number of carbonyl (C=O) groups is 1. The highest BCUT2D eigenvalue weighted by Crippen LogP contribution is 2.26. The molecule has 1 atom stereocenters. The van der Waals surface area contributed by atoms with Crippen LogP contribution in [0.2, 0.25) is 0 Å². The largest absolute Gasteiger partial charge is 0.497 e. The SMILES string of the molecule is C=CCn1c(SCC(=O)Nc2ccccc2C#N)nnc1C(C)Oc1ccc(OC)cc1. The molecule has 1 unspecified atom stereocenters. The molecule has 0 aliphatic heterocycles. The minimum absolute atomic E-state index is 0.114. The standard InChI is InChI=1S/C23H23N5O3S/c1-4-13-28-22(16(2)31-19-11-9-18(30-3)10-12-19)26-27-23(28)32-15-21(29)25-20-8-6-5-7-17(20)14-24/h4-12,16H,1,13,15H2,2-3H3,(H,25,29). The number of thioether (sulfide) groups is 1. The lowest BCUT2D eigenvalue weighted by Gasteiger charge is -2.16. The van der Waals surface area contributed by atoms with Crippen LogP contribution in [0.4, 0.5) is 5.69 Å². The molecule has 0 aliphatic carbocycles. The zero-order valence-corrected chi connectivity index (χ0v) is 18.6. The molecule has 0 bridgehead atoms. The average Bonchev–Trinajstić information content (AvgIpc) is 3.21. The van der Waals surface area contributed by atoms with Crippen molar-refractivity contribution < 1.29 is 14.3 Å². The Bertz CT molecular complexity index is 1120. The molecule has 0 spiro atoms. The molecular weight excluding hydrogens is 426 g/mol. The van der Waals surface area contributed by atoms with Crippen molar-refractivity contribution in [3.63, 3.8) is 0 Å². The quantitative estimate of drug-likeness (QED) is 0.365. The van der Waals surface area contributed by atoms with Gasteiger partial charge in [0.15, 0.2) is 17.1 Å². The minimum Gasteiger partial charge on any atom is -0.497 e. The molecule has 1 N–H and O–H groups in total. The van der Waals surface area contributed by atoms with Crippen LogP contribution in [0.25, 0.3) is 0 Å². The van der Waals surface area contributed by atoms with E-state index < -0.39 is 0 Å². The molecule has 1 aromatic heterocycles. The van der Waals surface area contributed by atoms with E-state index in [4.69, 9.17) is 14.7 Å². The minimum atomic E-state index is -0.374. The van der Waals surface area contributed by atoms with Crippen LogP contribution in [-0.4, -0.2) is 33.5 Å². The number of hydrogen-bond acceptors (Lipinski definition) is 7. The smallest absolute Gasteiger partial charge is 0.234 e. The van der Waals surface area contributed by atoms with Gasteiger partial charge in [0, 0.05) is 6.54 Å². The lowest BCUT2D eigenvalue weighted by molar-refractivity contribution is -0.113. The summed E-state index contributed by atoms with van der Waals surface area (Å²) < 4.78 is 13.0. The summed E-state index contributed by atoms with van der Waals surface area (Å²) in [7, 11) is 1.61. The summed E-state index contributed by atoms with van der Waals surface area (Å²) in [6.07, 6.45) is 1.36. The fraction of sp³-hybridized carbons (Fsp3) is 0.217. The molecule has 32 heavy (non-hydrogen) atoms. The highest BCUT2D eigenvalue weighted by Gasteiger charge is 2.20. The van der Waals surface area contributed by atoms with Crippen LogP contribution >= 0.6 is 11.8 Å². The first-order chi connectivity index (χ1) is 15.5. The van der Waals surface area contributed by atoms with Gasteiger partial charge in [0.25, 0.3) is 0 Å². The molecule has 164 valence electrons. The predicted molar refractivity (Wildman–Crippen MR) is 123 cm³/mol. The Kier molecular flexibility index (Phi) is 7.89. The maximum Gasteiger partial charge on any atom is 0.234 e. The zero-order chi connectivity index (χ0) is 22.9. The summed E-state index contributed by atoms with van der Waals surface area (Å²) in [6.45, 7) is 6.15. The fourth-order valence-corrected chi connectivity index (χ4v) is 3.68. The van der Waals surface area contributed by atoms with Gasteiger partial charge in [-0.15, -0.1) is 16.8 Å². The number of para-hydroxylation sites is 1. The predicted octanol–water partition coefficient (Wildman–Crippen LogP) is 4.22. The molecular formula is C23H23N5O3S. The van der Waals surface area contributed by atoms with E-state index in [0.29, 0.717) is 34.5 Å². The number of nitrogens with one attached hydrogen (secondary N) is 1. The number of benzene rings is 2. The number of nitriles is 1. The van der Waals surface area contributed by atoms with Crippen LogP contribution in [-0.2, 0) is 11.3 Å². The third-order valence-corrected chi connectivity index (χ3v) is 5.41. The van der Waals surface area contributed by atoms with Crippen molar-refractivity contribution in [2.75, 3.05) is 18.2 Å². The first-order valence-corrected chi connectivity index (χ1v) is 10.8. The highest BCUT2D eigenvalue weighted by molar-refractivity contribution is 7.99. The topological polar surface area (TPSA) is 102 Å². The molecule has 2 aromatic carbocycles. The van der Waals surface area contributed by atoms with Crippen molar-refractivity contribution in [1.82, 2.24) is 14.8 Å². The second-order valence-corrected chi connectivity index (χ2v) is 7.61. The lowest BCUT2D eigenvalue weighted by atomic mass is 10.2. The number of nitrogens with zero attached hydrogens (tertiary/aromatic N) is 4. The first kappa shape index (κ1) is 22.9. The van der Waals surface area contributed by atoms with Crippen molar-refractivity contribution in [2.45, 2.75) is 24.7 Å². The van der Waals surface area contributed by atoms with E-state index in [0.717, 1.165) is 5.75 Å². The van der Waals surface area contributed by atoms with E-state index in [1.165, 1.54) is 11.8 Å². The highest BCUT2D eigenvalue weighted by atomic mass is 32.2. The molecule has 0 aliphatic rings. The van der Waals surface area contributed by atoms with E-state index in [-0.39, 0.29) is 17.8 Å². The van der Waals surface area contributed by atoms with Gasteiger partial charge >= 0.3 is 0 Å². The van der Waals surface area contributed by atoms with Crippen molar-refractivity contribution >= 4 is 23.4 Å². The Morgan fingerprint density at radius 1 is 1.25 bits per heavy atom.